The molecule has 27 heavy (non-hydrogen) atoms. The highest BCUT2D eigenvalue weighted by atomic mass is 35.5. The Hall–Kier alpha value is -1.26. The van der Waals surface area contributed by atoms with Crippen molar-refractivity contribution in [3.63, 3.8) is 0 Å². The molecule has 1 heterocycles. The van der Waals surface area contributed by atoms with Crippen LogP contribution < -0.4 is 10.1 Å². The van der Waals surface area contributed by atoms with Gasteiger partial charge in [-0.15, -0.1) is 24.8 Å². The third kappa shape index (κ3) is 6.11. The molecule has 1 aliphatic heterocycles. The highest BCUT2D eigenvalue weighted by Crippen LogP contribution is 2.42. The van der Waals surface area contributed by atoms with Crippen LogP contribution in [0.5, 0.6) is 5.75 Å². The van der Waals surface area contributed by atoms with Gasteiger partial charge in [0.15, 0.2) is 0 Å². The van der Waals surface area contributed by atoms with Gasteiger partial charge >= 0.3 is 0 Å². The van der Waals surface area contributed by atoms with E-state index in [4.69, 9.17) is 4.74 Å². The maximum atomic E-state index is 6.25. The molecule has 0 unspecified atom stereocenters. The Balaban J connectivity index is 0.00000131. The van der Waals surface area contributed by atoms with Crippen molar-refractivity contribution in [2.24, 2.45) is 5.92 Å². The maximum Gasteiger partial charge on any atom is 0.124 e. The first-order valence-electron chi connectivity index (χ1n) is 9.60. The van der Waals surface area contributed by atoms with Gasteiger partial charge in [-0.25, -0.2) is 0 Å². The lowest BCUT2D eigenvalue weighted by Crippen LogP contribution is -2.45. The summed E-state index contributed by atoms with van der Waals surface area (Å²) in [5, 5.41) is 3.48. The molecule has 1 saturated heterocycles. The van der Waals surface area contributed by atoms with Crippen molar-refractivity contribution in [2.75, 3.05) is 26.2 Å². The number of halogens is 2. The van der Waals surface area contributed by atoms with Crippen molar-refractivity contribution >= 4 is 24.8 Å². The average molecular weight is 409 g/mol. The Morgan fingerprint density at radius 1 is 0.926 bits per heavy atom. The van der Waals surface area contributed by atoms with E-state index in [1.807, 2.05) is 6.07 Å². The molecule has 0 radical (unpaired) electrons. The van der Waals surface area contributed by atoms with E-state index in [-0.39, 0.29) is 24.8 Å². The van der Waals surface area contributed by atoms with Crippen LogP contribution in [0.15, 0.2) is 54.6 Å². The van der Waals surface area contributed by atoms with Crippen molar-refractivity contribution in [3.8, 4) is 5.75 Å². The predicted octanol–water partition coefficient (Wildman–Crippen LogP) is 4.86. The molecule has 2 aliphatic rings. The van der Waals surface area contributed by atoms with E-state index in [0.717, 1.165) is 37.8 Å². The van der Waals surface area contributed by atoms with E-state index in [1.165, 1.54) is 30.4 Å². The molecule has 5 heteroatoms. The summed E-state index contributed by atoms with van der Waals surface area (Å²) in [5.41, 5.74) is 2.59. The van der Waals surface area contributed by atoms with E-state index in [0.29, 0.717) is 12.6 Å². The van der Waals surface area contributed by atoms with Gasteiger partial charge in [0.25, 0.3) is 0 Å². The number of hydrogen-bond acceptors (Lipinski definition) is 3. The molecule has 2 aromatic carbocycles. The topological polar surface area (TPSA) is 24.5 Å². The Kier molecular flexibility index (Phi) is 8.91. The monoisotopic (exact) mass is 408 g/mol. The van der Waals surface area contributed by atoms with Gasteiger partial charge in [-0.1, -0.05) is 61.4 Å². The first-order valence-corrected chi connectivity index (χ1v) is 9.60. The Bertz CT molecular complexity index is 673. The average Bonchev–Trinajstić information content (AvgIpc) is 3.51. The molecule has 4 rings (SSSR count). The second-order valence-electron chi connectivity index (χ2n) is 7.29. The number of piperazine rings is 1. The van der Waals surface area contributed by atoms with Gasteiger partial charge in [-0.3, -0.25) is 4.90 Å². The summed E-state index contributed by atoms with van der Waals surface area (Å²) in [6.45, 7) is 5.08. The summed E-state index contributed by atoms with van der Waals surface area (Å²) in [7, 11) is 0. The van der Waals surface area contributed by atoms with Crippen LogP contribution in [-0.2, 0) is 6.61 Å². The molecule has 0 spiro atoms. The van der Waals surface area contributed by atoms with Crippen molar-refractivity contribution < 1.29 is 4.74 Å². The lowest BCUT2D eigenvalue weighted by molar-refractivity contribution is 0.156. The van der Waals surface area contributed by atoms with E-state index in [1.54, 1.807) is 0 Å². The maximum absolute atomic E-state index is 6.25. The number of rotatable bonds is 7. The lowest BCUT2D eigenvalue weighted by Gasteiger charge is -2.36. The first-order chi connectivity index (χ1) is 12.4. The number of nitrogens with one attached hydrogen (secondary N) is 1. The van der Waals surface area contributed by atoms with Gasteiger partial charge in [-0.05, 0) is 24.0 Å². The number of hydrogen-bond donors (Lipinski definition) is 1. The first kappa shape index (κ1) is 22.0. The molecule has 0 aromatic heterocycles. The standard InChI is InChI=1S/C22H28N2O.2ClH/c1-2-6-19(7-3-1)17-25-22-9-5-4-8-20(22)21(16-18-10-11-18)24-14-12-23-13-15-24;;/h1-9,18,21,23H,10-17H2;2*1H/t21-;;/m1../s1. The number of benzene rings is 2. The Labute approximate surface area is 175 Å². The second kappa shape index (κ2) is 10.9. The van der Waals surface area contributed by atoms with Crippen LogP contribution in [0.3, 0.4) is 0 Å². The van der Waals surface area contributed by atoms with Crippen LogP contribution in [0.2, 0.25) is 0 Å². The van der Waals surface area contributed by atoms with Crippen LogP contribution in [0.1, 0.15) is 36.4 Å². The van der Waals surface area contributed by atoms with E-state index >= 15 is 0 Å². The largest absolute Gasteiger partial charge is 0.489 e. The molecule has 3 nitrogen and oxygen atoms in total. The molecule has 2 aromatic rings. The molecule has 1 aliphatic carbocycles. The molecule has 1 N–H and O–H groups in total. The third-order valence-corrected chi connectivity index (χ3v) is 5.36. The normalized spacial score (nSPS) is 18.1. The zero-order valence-corrected chi connectivity index (χ0v) is 17.3. The Morgan fingerprint density at radius 3 is 2.30 bits per heavy atom. The minimum Gasteiger partial charge on any atom is -0.489 e. The zero-order valence-electron chi connectivity index (χ0n) is 15.7. The molecule has 1 atom stereocenters. The minimum atomic E-state index is 0. The summed E-state index contributed by atoms with van der Waals surface area (Å²) in [5.74, 6) is 1.96. The minimum absolute atomic E-state index is 0. The van der Waals surface area contributed by atoms with E-state index < -0.39 is 0 Å². The van der Waals surface area contributed by atoms with E-state index in [2.05, 4.69) is 58.7 Å². The van der Waals surface area contributed by atoms with Crippen molar-refractivity contribution in [2.45, 2.75) is 31.9 Å². The van der Waals surface area contributed by atoms with Gasteiger partial charge in [-0.2, -0.15) is 0 Å². The number of nitrogens with zero attached hydrogens (tertiary/aromatic N) is 1. The molecule has 0 bridgehead atoms. The fraction of sp³-hybridized carbons (Fsp3) is 0.455. The fourth-order valence-corrected chi connectivity index (χ4v) is 3.76. The zero-order chi connectivity index (χ0) is 16.9. The van der Waals surface area contributed by atoms with Crippen molar-refractivity contribution in [1.29, 1.82) is 0 Å². The van der Waals surface area contributed by atoms with Gasteiger partial charge in [0.2, 0.25) is 0 Å². The molecular formula is C22H30Cl2N2O. The van der Waals surface area contributed by atoms with Crippen molar-refractivity contribution in [1.82, 2.24) is 10.2 Å². The lowest BCUT2D eigenvalue weighted by atomic mass is 9.97. The van der Waals surface area contributed by atoms with Gasteiger partial charge < -0.3 is 10.1 Å². The number of ether oxygens (including phenoxy) is 1. The molecule has 0 amide bonds. The van der Waals surface area contributed by atoms with Crippen LogP contribution in [0, 0.1) is 5.92 Å². The molecule has 2 fully saturated rings. The molecular weight excluding hydrogens is 379 g/mol. The van der Waals surface area contributed by atoms with Crippen LogP contribution in [-0.4, -0.2) is 31.1 Å². The fourth-order valence-electron chi connectivity index (χ4n) is 3.76. The van der Waals surface area contributed by atoms with Crippen molar-refractivity contribution in [3.05, 3.63) is 65.7 Å². The predicted molar refractivity (Wildman–Crippen MR) is 116 cm³/mol. The van der Waals surface area contributed by atoms with Gasteiger partial charge in [0.1, 0.15) is 12.4 Å². The summed E-state index contributed by atoms with van der Waals surface area (Å²) in [6, 6.07) is 19.6. The summed E-state index contributed by atoms with van der Waals surface area (Å²) < 4.78 is 6.25. The second-order valence-corrected chi connectivity index (χ2v) is 7.29. The number of para-hydroxylation sites is 1. The highest BCUT2D eigenvalue weighted by molar-refractivity contribution is 5.85. The molecule has 148 valence electrons. The SMILES string of the molecule is Cl.Cl.c1ccc(COc2ccccc2[C@@H](CC2CC2)N2CCNCC2)cc1. The van der Waals surface area contributed by atoms with E-state index in [9.17, 15) is 0 Å². The molecule has 1 saturated carbocycles. The summed E-state index contributed by atoms with van der Waals surface area (Å²) in [4.78, 5) is 2.65. The van der Waals surface area contributed by atoms with Crippen LogP contribution in [0.25, 0.3) is 0 Å². The summed E-state index contributed by atoms with van der Waals surface area (Å²) >= 11 is 0. The van der Waals surface area contributed by atoms with Gasteiger partial charge in [0, 0.05) is 37.8 Å². The third-order valence-electron chi connectivity index (χ3n) is 5.36. The highest BCUT2D eigenvalue weighted by Gasteiger charge is 2.31. The van der Waals surface area contributed by atoms with Crippen LogP contribution >= 0.6 is 24.8 Å². The van der Waals surface area contributed by atoms with Gasteiger partial charge in [0.05, 0.1) is 0 Å². The Morgan fingerprint density at radius 2 is 1.59 bits per heavy atom. The van der Waals surface area contributed by atoms with Crippen LogP contribution in [0.4, 0.5) is 0 Å². The smallest absolute Gasteiger partial charge is 0.124 e. The quantitative estimate of drug-likeness (QED) is 0.707. The summed E-state index contributed by atoms with van der Waals surface area (Å²) in [6.07, 6.45) is 4.07.